The predicted molar refractivity (Wildman–Crippen MR) is 217 cm³/mol. The van der Waals surface area contributed by atoms with Crippen molar-refractivity contribution in [2.24, 2.45) is 0 Å². The lowest BCUT2D eigenvalue weighted by molar-refractivity contribution is 1.69. The molecule has 0 saturated carbocycles. The van der Waals surface area contributed by atoms with Gasteiger partial charge in [-0.25, -0.2) is 0 Å². The Labute approximate surface area is 288 Å². The van der Waals surface area contributed by atoms with E-state index < -0.39 is 0 Å². The molecule has 12 aromatic rings. The maximum absolute atomic E-state index is 2.54. The van der Waals surface area contributed by atoms with Crippen LogP contribution in [0.3, 0.4) is 0 Å². The molecule has 0 aliphatic heterocycles. The fourth-order valence-corrected chi connectivity index (χ4v) is 9.50. The molecule has 0 aromatic heterocycles. The SMILES string of the molecule is c1ccc(-c2c3cc4c(cc3c(-c3cccc5ccccc35)c3c5cccc6cccc(c23)c65)c2cc3ccccc3c3cccc4c32)cc1. The second-order valence-electron chi connectivity index (χ2n) is 13.9. The number of rotatable bonds is 2. The van der Waals surface area contributed by atoms with Crippen LogP contribution in [0.15, 0.2) is 170 Å². The maximum atomic E-state index is 2.54. The van der Waals surface area contributed by atoms with Crippen molar-refractivity contribution in [2.75, 3.05) is 0 Å². The summed E-state index contributed by atoms with van der Waals surface area (Å²) in [7, 11) is 0. The highest BCUT2D eigenvalue weighted by atomic mass is 14.3. The van der Waals surface area contributed by atoms with Crippen LogP contribution in [0.2, 0.25) is 0 Å². The first-order valence-corrected chi connectivity index (χ1v) is 17.5. The number of fused-ring (bicyclic) bond motifs is 10. The Balaban J connectivity index is 1.42. The molecule has 0 heterocycles. The Morgan fingerprint density at radius 1 is 0.220 bits per heavy atom. The molecule has 0 amide bonds. The van der Waals surface area contributed by atoms with Crippen molar-refractivity contribution in [1.82, 2.24) is 0 Å². The van der Waals surface area contributed by atoms with Crippen LogP contribution in [-0.2, 0) is 0 Å². The van der Waals surface area contributed by atoms with Gasteiger partial charge in [0.25, 0.3) is 0 Å². The van der Waals surface area contributed by atoms with E-state index in [2.05, 4.69) is 170 Å². The van der Waals surface area contributed by atoms with E-state index in [9.17, 15) is 0 Å². The highest BCUT2D eigenvalue weighted by Gasteiger charge is 2.25. The minimum atomic E-state index is 1.25. The molecule has 12 aromatic carbocycles. The fourth-order valence-electron chi connectivity index (χ4n) is 9.50. The van der Waals surface area contributed by atoms with E-state index in [0.717, 1.165) is 0 Å². The third-order valence-electron chi connectivity index (χ3n) is 11.5. The second kappa shape index (κ2) is 9.56. The molecule has 0 aliphatic carbocycles. The van der Waals surface area contributed by atoms with Crippen molar-refractivity contribution < 1.29 is 0 Å². The molecule has 0 atom stereocenters. The van der Waals surface area contributed by atoms with Crippen molar-refractivity contribution in [1.29, 1.82) is 0 Å². The van der Waals surface area contributed by atoms with E-state index in [0.29, 0.717) is 0 Å². The zero-order chi connectivity index (χ0) is 32.5. The van der Waals surface area contributed by atoms with Gasteiger partial charge in [-0.1, -0.05) is 152 Å². The Bertz CT molecular complexity index is 3340. The Kier molecular flexibility index (Phi) is 5.06. The van der Waals surface area contributed by atoms with Gasteiger partial charge in [-0.3, -0.25) is 0 Å². The fraction of sp³-hybridized carbons (Fsp3) is 0. The highest BCUT2D eigenvalue weighted by Crippen LogP contribution is 2.54. The summed E-state index contributed by atoms with van der Waals surface area (Å²) < 4.78 is 0. The Morgan fingerprint density at radius 2 is 0.740 bits per heavy atom. The van der Waals surface area contributed by atoms with Crippen LogP contribution in [0.4, 0.5) is 0 Å². The summed E-state index contributed by atoms with van der Waals surface area (Å²) in [6.07, 6.45) is 0. The first-order chi connectivity index (χ1) is 24.8. The zero-order valence-electron chi connectivity index (χ0n) is 27.2. The van der Waals surface area contributed by atoms with Crippen molar-refractivity contribution in [3.8, 4) is 22.3 Å². The van der Waals surface area contributed by atoms with Gasteiger partial charge in [0.15, 0.2) is 0 Å². The van der Waals surface area contributed by atoms with Crippen LogP contribution in [0.5, 0.6) is 0 Å². The largest absolute Gasteiger partial charge is 0.0622 e. The van der Waals surface area contributed by atoms with Crippen molar-refractivity contribution in [3.63, 3.8) is 0 Å². The molecule has 50 heavy (non-hydrogen) atoms. The summed E-state index contributed by atoms with van der Waals surface area (Å²) in [6, 6.07) is 63.7. The van der Waals surface area contributed by atoms with Crippen LogP contribution >= 0.6 is 0 Å². The van der Waals surface area contributed by atoms with Gasteiger partial charge in [-0.05, 0) is 137 Å². The van der Waals surface area contributed by atoms with Gasteiger partial charge in [-0.15, -0.1) is 0 Å². The van der Waals surface area contributed by atoms with E-state index in [1.54, 1.807) is 0 Å². The van der Waals surface area contributed by atoms with Crippen LogP contribution in [0.25, 0.3) is 119 Å². The van der Waals surface area contributed by atoms with Crippen LogP contribution in [-0.4, -0.2) is 0 Å². The van der Waals surface area contributed by atoms with Gasteiger partial charge in [0.1, 0.15) is 0 Å². The van der Waals surface area contributed by atoms with E-state index in [4.69, 9.17) is 0 Å². The van der Waals surface area contributed by atoms with Crippen molar-refractivity contribution in [2.45, 2.75) is 0 Å². The Morgan fingerprint density at radius 3 is 1.54 bits per heavy atom. The van der Waals surface area contributed by atoms with E-state index in [-0.39, 0.29) is 0 Å². The van der Waals surface area contributed by atoms with E-state index in [1.165, 1.54) is 119 Å². The summed E-state index contributed by atoms with van der Waals surface area (Å²) in [5, 5.41) is 23.7. The third-order valence-corrected chi connectivity index (χ3v) is 11.5. The molecule has 0 unspecified atom stereocenters. The molecule has 0 saturated heterocycles. The minimum Gasteiger partial charge on any atom is -0.0622 e. The smallest absolute Gasteiger partial charge is 0.000719 e. The van der Waals surface area contributed by atoms with Gasteiger partial charge < -0.3 is 0 Å². The first-order valence-electron chi connectivity index (χ1n) is 17.5. The lowest BCUT2D eigenvalue weighted by Gasteiger charge is -2.18. The molecule has 0 nitrogen and oxygen atoms in total. The topological polar surface area (TPSA) is 0 Å². The lowest BCUT2D eigenvalue weighted by atomic mass is 9.84. The summed E-state index contributed by atoms with van der Waals surface area (Å²) in [4.78, 5) is 0. The average Bonchev–Trinajstić information content (AvgIpc) is 3.67. The number of benzene rings is 10. The van der Waals surface area contributed by atoms with E-state index in [1.807, 2.05) is 0 Å². The molecule has 0 bridgehead atoms. The van der Waals surface area contributed by atoms with Gasteiger partial charge >= 0.3 is 0 Å². The summed E-state index contributed by atoms with van der Waals surface area (Å²) in [5.74, 6) is 0. The van der Waals surface area contributed by atoms with E-state index >= 15 is 0 Å². The standard InChI is InChI=1S/C50H28/c1-2-13-31(14-3-1)46-43-27-40-37-23-11-22-35-34-20-7-5-15-32(34)26-42(47(35)37)41(40)28-44(43)48(36-21-8-16-29-12-4-6-19-33(29)36)50-39-25-10-18-30-17-9-24-38(45(30)39)49(46)50/h1-28H. The maximum Gasteiger partial charge on any atom is -0.000719 e. The molecule has 0 radical (unpaired) electrons. The molecule has 0 heteroatoms. The monoisotopic (exact) mass is 628 g/mol. The Hall–Kier alpha value is -6.50. The second-order valence-corrected chi connectivity index (χ2v) is 13.9. The molecular weight excluding hydrogens is 601 g/mol. The lowest BCUT2D eigenvalue weighted by Crippen LogP contribution is -1.91. The quantitative estimate of drug-likeness (QED) is 0.167. The van der Waals surface area contributed by atoms with Gasteiger partial charge in [0.05, 0.1) is 0 Å². The molecule has 12 rings (SSSR count). The molecular formula is C50H28. The zero-order valence-corrected chi connectivity index (χ0v) is 27.2. The summed E-state index contributed by atoms with van der Waals surface area (Å²) in [5.41, 5.74) is 5.18. The van der Waals surface area contributed by atoms with Crippen LogP contribution in [0.1, 0.15) is 0 Å². The summed E-state index contributed by atoms with van der Waals surface area (Å²) >= 11 is 0. The molecule has 0 aliphatic rings. The average molecular weight is 629 g/mol. The van der Waals surface area contributed by atoms with Crippen molar-refractivity contribution >= 4 is 97.0 Å². The summed E-state index contributed by atoms with van der Waals surface area (Å²) in [6.45, 7) is 0. The normalized spacial score (nSPS) is 12.4. The third kappa shape index (κ3) is 3.31. The van der Waals surface area contributed by atoms with Gasteiger partial charge in [-0.2, -0.15) is 0 Å². The first kappa shape index (κ1) is 26.5. The van der Waals surface area contributed by atoms with Gasteiger partial charge in [0.2, 0.25) is 0 Å². The minimum absolute atomic E-state index is 1.25. The predicted octanol–water partition coefficient (Wildman–Crippen LogP) is 14.3. The van der Waals surface area contributed by atoms with Gasteiger partial charge in [0, 0.05) is 0 Å². The van der Waals surface area contributed by atoms with Crippen molar-refractivity contribution in [3.05, 3.63) is 170 Å². The van der Waals surface area contributed by atoms with Crippen LogP contribution < -0.4 is 0 Å². The number of hydrogen-bond acceptors (Lipinski definition) is 0. The molecule has 0 N–H and O–H groups in total. The van der Waals surface area contributed by atoms with Crippen LogP contribution in [0, 0.1) is 0 Å². The highest BCUT2D eigenvalue weighted by molar-refractivity contribution is 6.43. The molecule has 228 valence electrons. The molecule has 0 spiro atoms. The number of hydrogen-bond donors (Lipinski definition) is 0. The molecule has 0 fully saturated rings.